The van der Waals surface area contributed by atoms with Crippen LogP contribution in [-0.4, -0.2) is 34.6 Å². The standard InChI is InChI=1S/C16H12F3N5O/c17-16(18,19)15(25)22-8-12-5-10-3-1-2-4-13(10)24(12)14-9-21-7-11(6-20)23-14/h1-4,7,9,12H,5,8H2,(H,22,25). The number of hydrogen-bond donors (Lipinski definition) is 1. The average molecular weight is 347 g/mol. The summed E-state index contributed by atoms with van der Waals surface area (Å²) in [5.41, 5.74) is 1.77. The molecule has 0 spiro atoms. The number of nitrogens with zero attached hydrogens (tertiary/aromatic N) is 4. The first kappa shape index (κ1) is 16.7. The lowest BCUT2D eigenvalue weighted by molar-refractivity contribution is -0.173. The molecule has 1 aliphatic heterocycles. The van der Waals surface area contributed by atoms with E-state index in [2.05, 4.69) is 9.97 Å². The zero-order chi connectivity index (χ0) is 18.0. The van der Waals surface area contributed by atoms with Gasteiger partial charge in [0, 0.05) is 12.2 Å². The minimum atomic E-state index is -4.93. The molecule has 0 fully saturated rings. The molecule has 0 radical (unpaired) electrons. The summed E-state index contributed by atoms with van der Waals surface area (Å²) in [5, 5.41) is 10.9. The van der Waals surface area contributed by atoms with Crippen molar-refractivity contribution in [3.63, 3.8) is 0 Å². The highest BCUT2D eigenvalue weighted by Crippen LogP contribution is 2.37. The lowest BCUT2D eigenvalue weighted by Crippen LogP contribution is -2.45. The van der Waals surface area contributed by atoms with Gasteiger partial charge in [-0.2, -0.15) is 18.4 Å². The second kappa shape index (κ2) is 6.39. The van der Waals surface area contributed by atoms with Crippen LogP contribution in [0.5, 0.6) is 0 Å². The van der Waals surface area contributed by atoms with Crippen molar-refractivity contribution in [3.05, 3.63) is 47.9 Å². The number of rotatable bonds is 3. The second-order valence-corrected chi connectivity index (χ2v) is 5.44. The van der Waals surface area contributed by atoms with Gasteiger partial charge in [-0.15, -0.1) is 0 Å². The van der Waals surface area contributed by atoms with Gasteiger partial charge in [-0.05, 0) is 18.1 Å². The number of amides is 1. The number of benzene rings is 1. The van der Waals surface area contributed by atoms with E-state index in [1.54, 1.807) is 11.0 Å². The van der Waals surface area contributed by atoms with Crippen LogP contribution in [0.4, 0.5) is 24.7 Å². The second-order valence-electron chi connectivity index (χ2n) is 5.44. The van der Waals surface area contributed by atoms with E-state index in [1.165, 1.54) is 12.4 Å². The molecular formula is C16H12F3N5O. The van der Waals surface area contributed by atoms with Crippen molar-refractivity contribution < 1.29 is 18.0 Å². The van der Waals surface area contributed by atoms with E-state index in [0.717, 1.165) is 11.3 Å². The van der Waals surface area contributed by atoms with Crippen molar-refractivity contribution in [2.24, 2.45) is 0 Å². The molecule has 0 saturated carbocycles. The fraction of sp³-hybridized carbons (Fsp3) is 0.250. The lowest BCUT2D eigenvalue weighted by atomic mass is 10.1. The molecule has 1 aromatic carbocycles. The molecule has 1 aromatic heterocycles. The fourth-order valence-corrected chi connectivity index (χ4v) is 2.77. The third-order valence-corrected chi connectivity index (χ3v) is 3.81. The van der Waals surface area contributed by atoms with Crippen LogP contribution in [0.15, 0.2) is 36.7 Å². The molecule has 1 unspecified atom stereocenters. The van der Waals surface area contributed by atoms with Crippen LogP contribution in [0.25, 0.3) is 0 Å². The molecule has 6 nitrogen and oxygen atoms in total. The van der Waals surface area contributed by atoms with Gasteiger partial charge < -0.3 is 10.2 Å². The zero-order valence-electron chi connectivity index (χ0n) is 12.8. The minimum absolute atomic E-state index is 0.0972. The third kappa shape index (κ3) is 3.38. The van der Waals surface area contributed by atoms with Crippen molar-refractivity contribution in [1.29, 1.82) is 5.26 Å². The van der Waals surface area contributed by atoms with E-state index < -0.39 is 18.1 Å². The average Bonchev–Trinajstić information content (AvgIpc) is 2.97. The summed E-state index contributed by atoms with van der Waals surface area (Å²) in [5.74, 6) is -1.64. The highest BCUT2D eigenvalue weighted by atomic mass is 19.4. The van der Waals surface area contributed by atoms with E-state index >= 15 is 0 Å². The first-order chi connectivity index (χ1) is 11.9. The molecule has 128 valence electrons. The highest BCUT2D eigenvalue weighted by molar-refractivity contribution is 5.82. The Morgan fingerprint density at radius 1 is 1.36 bits per heavy atom. The van der Waals surface area contributed by atoms with Crippen molar-refractivity contribution in [2.75, 3.05) is 11.4 Å². The van der Waals surface area contributed by atoms with Crippen LogP contribution in [0, 0.1) is 11.3 Å². The Morgan fingerprint density at radius 3 is 2.84 bits per heavy atom. The van der Waals surface area contributed by atoms with Crippen LogP contribution in [0.3, 0.4) is 0 Å². The molecule has 1 amide bonds. The first-order valence-corrected chi connectivity index (χ1v) is 7.34. The summed E-state index contributed by atoms with van der Waals surface area (Å²) >= 11 is 0. The van der Waals surface area contributed by atoms with Crippen molar-refractivity contribution >= 4 is 17.4 Å². The Bertz CT molecular complexity index is 846. The van der Waals surface area contributed by atoms with Gasteiger partial charge >= 0.3 is 12.1 Å². The number of nitriles is 1. The molecule has 1 atom stereocenters. The van der Waals surface area contributed by atoms with Crippen LogP contribution >= 0.6 is 0 Å². The number of para-hydroxylation sites is 1. The number of nitrogens with one attached hydrogen (secondary N) is 1. The monoisotopic (exact) mass is 347 g/mol. The number of fused-ring (bicyclic) bond motifs is 1. The number of hydrogen-bond acceptors (Lipinski definition) is 5. The van der Waals surface area contributed by atoms with Gasteiger partial charge in [-0.1, -0.05) is 18.2 Å². The Kier molecular flexibility index (Phi) is 4.27. The fourth-order valence-electron chi connectivity index (χ4n) is 2.77. The Labute approximate surface area is 140 Å². The highest BCUT2D eigenvalue weighted by Gasteiger charge is 2.40. The molecule has 0 bridgehead atoms. The first-order valence-electron chi connectivity index (χ1n) is 7.34. The normalized spacial score (nSPS) is 16.2. The van der Waals surface area contributed by atoms with Gasteiger partial charge in [-0.3, -0.25) is 9.78 Å². The summed E-state index contributed by atoms with van der Waals surface area (Å²) in [6.07, 6.45) is -1.77. The van der Waals surface area contributed by atoms with Crippen LogP contribution < -0.4 is 10.2 Å². The van der Waals surface area contributed by atoms with Crippen molar-refractivity contribution in [2.45, 2.75) is 18.6 Å². The van der Waals surface area contributed by atoms with E-state index in [9.17, 15) is 18.0 Å². The maximum absolute atomic E-state index is 12.4. The van der Waals surface area contributed by atoms with E-state index in [1.807, 2.05) is 29.6 Å². The van der Waals surface area contributed by atoms with Gasteiger partial charge in [0.05, 0.1) is 18.4 Å². The van der Waals surface area contributed by atoms with Crippen molar-refractivity contribution in [1.82, 2.24) is 15.3 Å². The van der Waals surface area contributed by atoms with Gasteiger partial charge in [0.1, 0.15) is 6.07 Å². The van der Waals surface area contributed by atoms with Gasteiger partial charge in [0.2, 0.25) is 0 Å². The molecule has 0 saturated heterocycles. The molecule has 25 heavy (non-hydrogen) atoms. The molecule has 1 aliphatic rings. The number of halogens is 3. The third-order valence-electron chi connectivity index (χ3n) is 3.81. The quantitative estimate of drug-likeness (QED) is 0.919. The number of carbonyl (C=O) groups excluding carboxylic acids is 1. The Morgan fingerprint density at radius 2 is 2.12 bits per heavy atom. The lowest BCUT2D eigenvalue weighted by Gasteiger charge is -2.26. The van der Waals surface area contributed by atoms with Gasteiger partial charge in [0.15, 0.2) is 11.5 Å². The minimum Gasteiger partial charge on any atom is -0.346 e. The number of alkyl halides is 3. The smallest absolute Gasteiger partial charge is 0.346 e. The zero-order valence-corrected chi connectivity index (χ0v) is 12.8. The van der Waals surface area contributed by atoms with E-state index in [-0.39, 0.29) is 12.2 Å². The summed E-state index contributed by atoms with van der Waals surface area (Å²) in [6, 6.07) is 8.70. The molecule has 1 N–H and O–H groups in total. The largest absolute Gasteiger partial charge is 0.471 e. The summed E-state index contributed by atoms with van der Waals surface area (Å²) in [7, 11) is 0. The Balaban J connectivity index is 1.90. The summed E-state index contributed by atoms with van der Waals surface area (Å²) < 4.78 is 37.3. The maximum atomic E-state index is 12.4. The molecule has 9 heteroatoms. The van der Waals surface area contributed by atoms with Crippen LogP contribution in [0.2, 0.25) is 0 Å². The molecule has 0 aliphatic carbocycles. The topological polar surface area (TPSA) is 81.9 Å². The maximum Gasteiger partial charge on any atom is 0.471 e. The molecular weight excluding hydrogens is 335 g/mol. The van der Waals surface area contributed by atoms with Gasteiger partial charge in [-0.25, -0.2) is 4.98 Å². The number of carbonyl (C=O) groups is 1. The number of aromatic nitrogens is 2. The molecule has 3 rings (SSSR count). The number of anilines is 2. The van der Waals surface area contributed by atoms with Crippen LogP contribution in [0.1, 0.15) is 11.3 Å². The summed E-state index contributed by atoms with van der Waals surface area (Å²) in [4.78, 5) is 20.9. The van der Waals surface area contributed by atoms with E-state index in [4.69, 9.17) is 5.26 Å². The van der Waals surface area contributed by atoms with Gasteiger partial charge in [0.25, 0.3) is 0 Å². The Hall–Kier alpha value is -3.15. The van der Waals surface area contributed by atoms with Crippen molar-refractivity contribution in [3.8, 4) is 6.07 Å². The summed E-state index contributed by atoms with van der Waals surface area (Å²) in [6.45, 7) is -0.217. The molecule has 2 aromatic rings. The predicted octanol–water partition coefficient (Wildman–Crippen LogP) is 2.09. The van der Waals surface area contributed by atoms with E-state index in [0.29, 0.717) is 12.2 Å². The van der Waals surface area contributed by atoms with Crippen LogP contribution in [-0.2, 0) is 11.2 Å². The predicted molar refractivity (Wildman–Crippen MR) is 81.9 cm³/mol. The molecule has 2 heterocycles. The SMILES string of the molecule is N#Cc1cncc(N2c3ccccc3CC2CNC(=O)C(F)(F)F)n1.